The van der Waals surface area contributed by atoms with Crippen LogP contribution in [0.1, 0.15) is 48.8 Å². The van der Waals surface area contributed by atoms with E-state index in [1.54, 1.807) is 23.7 Å². The molecule has 0 saturated heterocycles. The van der Waals surface area contributed by atoms with Crippen LogP contribution in [0.5, 0.6) is 0 Å². The molecule has 7 nitrogen and oxygen atoms in total. The first-order valence-electron chi connectivity index (χ1n) is 9.24. The van der Waals surface area contributed by atoms with Crippen molar-refractivity contribution < 1.29 is 14.3 Å². The summed E-state index contributed by atoms with van der Waals surface area (Å²) in [5, 5.41) is 4.47. The zero-order valence-electron chi connectivity index (χ0n) is 16.6. The quantitative estimate of drug-likeness (QED) is 0.628. The predicted molar refractivity (Wildman–Crippen MR) is 111 cm³/mol. The molecule has 1 aromatic carbocycles. The first kappa shape index (κ1) is 20.7. The number of nitrogens with one attached hydrogen (secondary N) is 1. The van der Waals surface area contributed by atoms with Gasteiger partial charge in [0.05, 0.1) is 12.1 Å². The van der Waals surface area contributed by atoms with Crippen LogP contribution in [-0.4, -0.2) is 27.8 Å². The number of esters is 1. The molecule has 0 unspecified atom stereocenters. The van der Waals surface area contributed by atoms with Gasteiger partial charge in [-0.3, -0.25) is 18.8 Å². The zero-order chi connectivity index (χ0) is 21.0. The third-order valence-corrected chi connectivity index (χ3v) is 5.12. The van der Waals surface area contributed by atoms with Gasteiger partial charge in [-0.15, -0.1) is 11.3 Å². The Kier molecular flexibility index (Phi) is 6.12. The lowest BCUT2D eigenvalue weighted by Gasteiger charge is -2.19. The number of carbonyl (C=O) groups excluding carboxylic acids is 2. The van der Waals surface area contributed by atoms with E-state index in [4.69, 9.17) is 4.74 Å². The van der Waals surface area contributed by atoms with Gasteiger partial charge in [-0.2, -0.15) is 0 Å². The van der Waals surface area contributed by atoms with Gasteiger partial charge in [-0.25, -0.2) is 4.98 Å². The molecule has 152 valence electrons. The van der Waals surface area contributed by atoms with Crippen molar-refractivity contribution in [2.24, 2.45) is 0 Å². The minimum Gasteiger partial charge on any atom is -0.459 e. The van der Waals surface area contributed by atoms with Gasteiger partial charge in [0.25, 0.3) is 11.5 Å². The van der Waals surface area contributed by atoms with Crippen LogP contribution < -0.4 is 10.9 Å². The summed E-state index contributed by atoms with van der Waals surface area (Å²) >= 11 is 1.33. The fraction of sp³-hybridized carbons (Fsp3) is 0.333. The van der Waals surface area contributed by atoms with Crippen molar-refractivity contribution in [3.63, 3.8) is 0 Å². The summed E-state index contributed by atoms with van der Waals surface area (Å²) in [7, 11) is 0. The number of rotatable bonds is 6. The standard InChI is InChI=1S/C21H23N3O4S/c1-21(2,3)15-6-4-14(5-7-15)19(27)22-9-8-18(26)28-13-16-12-17(25)24-10-11-29-20(24)23-16/h4-7,10-12H,8-9,13H2,1-3H3,(H,22,27). The molecular formula is C21H23N3O4S. The maximum absolute atomic E-state index is 12.2. The molecule has 3 aromatic rings. The SMILES string of the molecule is CC(C)(C)c1ccc(C(=O)NCCC(=O)OCc2cc(=O)n3ccsc3n2)cc1. The average Bonchev–Trinajstić information content (AvgIpc) is 3.15. The maximum Gasteiger partial charge on any atom is 0.307 e. The smallest absolute Gasteiger partial charge is 0.307 e. The molecule has 0 saturated carbocycles. The van der Waals surface area contributed by atoms with Crippen molar-refractivity contribution >= 4 is 28.2 Å². The van der Waals surface area contributed by atoms with Crippen LogP contribution in [0.15, 0.2) is 46.7 Å². The van der Waals surface area contributed by atoms with Crippen molar-refractivity contribution in [1.29, 1.82) is 0 Å². The number of hydrogen-bond donors (Lipinski definition) is 1. The molecule has 1 N–H and O–H groups in total. The van der Waals surface area contributed by atoms with Crippen molar-refractivity contribution in [3.05, 3.63) is 69.1 Å². The summed E-state index contributed by atoms with van der Waals surface area (Å²) in [6.07, 6.45) is 1.68. The topological polar surface area (TPSA) is 89.8 Å². The molecule has 0 fully saturated rings. The van der Waals surface area contributed by atoms with Gasteiger partial charge in [-0.1, -0.05) is 32.9 Å². The zero-order valence-corrected chi connectivity index (χ0v) is 17.4. The number of fused-ring (bicyclic) bond motifs is 1. The molecule has 0 spiro atoms. The van der Waals surface area contributed by atoms with Crippen LogP contribution in [0.3, 0.4) is 0 Å². The van der Waals surface area contributed by atoms with Gasteiger partial charge in [0, 0.05) is 29.8 Å². The Bertz CT molecular complexity index is 1080. The molecule has 3 rings (SSSR count). The van der Waals surface area contributed by atoms with Crippen molar-refractivity contribution in [3.8, 4) is 0 Å². The van der Waals surface area contributed by atoms with E-state index in [1.165, 1.54) is 21.8 Å². The van der Waals surface area contributed by atoms with Gasteiger partial charge < -0.3 is 10.1 Å². The van der Waals surface area contributed by atoms with Crippen LogP contribution in [0.2, 0.25) is 0 Å². The summed E-state index contributed by atoms with van der Waals surface area (Å²) in [5.74, 6) is -0.711. The molecule has 1 amide bonds. The second-order valence-electron chi connectivity index (χ2n) is 7.64. The first-order chi connectivity index (χ1) is 13.7. The monoisotopic (exact) mass is 413 g/mol. The number of benzene rings is 1. The van der Waals surface area contributed by atoms with Crippen LogP contribution >= 0.6 is 11.3 Å². The molecule has 29 heavy (non-hydrogen) atoms. The van der Waals surface area contributed by atoms with E-state index in [-0.39, 0.29) is 36.5 Å². The van der Waals surface area contributed by atoms with E-state index in [9.17, 15) is 14.4 Å². The van der Waals surface area contributed by atoms with E-state index in [0.29, 0.717) is 16.2 Å². The number of aromatic nitrogens is 2. The molecule has 0 aliphatic heterocycles. The van der Waals surface area contributed by atoms with E-state index < -0.39 is 5.97 Å². The Morgan fingerprint density at radius 1 is 1.21 bits per heavy atom. The van der Waals surface area contributed by atoms with Gasteiger partial charge in [0.2, 0.25) is 0 Å². The second-order valence-corrected chi connectivity index (χ2v) is 8.51. The van der Waals surface area contributed by atoms with E-state index in [0.717, 1.165) is 5.56 Å². The fourth-order valence-corrected chi connectivity index (χ4v) is 3.43. The first-order valence-corrected chi connectivity index (χ1v) is 10.1. The number of hydrogen-bond acceptors (Lipinski definition) is 6. The molecule has 0 aliphatic rings. The van der Waals surface area contributed by atoms with Gasteiger partial charge in [0.1, 0.15) is 6.61 Å². The fourth-order valence-electron chi connectivity index (χ4n) is 2.69. The Balaban J connectivity index is 1.45. The third kappa shape index (κ3) is 5.29. The van der Waals surface area contributed by atoms with E-state index in [1.807, 2.05) is 12.1 Å². The van der Waals surface area contributed by atoms with Crippen LogP contribution in [-0.2, 0) is 21.6 Å². The summed E-state index contributed by atoms with van der Waals surface area (Å²) in [6.45, 7) is 6.42. The Morgan fingerprint density at radius 3 is 2.62 bits per heavy atom. The number of thiazole rings is 1. The van der Waals surface area contributed by atoms with Crippen molar-refractivity contribution in [1.82, 2.24) is 14.7 Å². The number of nitrogens with zero attached hydrogens (tertiary/aromatic N) is 2. The Hall–Kier alpha value is -3.00. The van der Waals surface area contributed by atoms with Gasteiger partial charge >= 0.3 is 5.97 Å². The summed E-state index contributed by atoms with van der Waals surface area (Å²) in [6, 6.07) is 8.76. The number of carbonyl (C=O) groups is 2. The van der Waals surface area contributed by atoms with Gasteiger partial charge in [-0.05, 0) is 23.1 Å². The molecule has 8 heteroatoms. The molecule has 2 aromatic heterocycles. The lowest BCUT2D eigenvalue weighted by atomic mass is 9.87. The van der Waals surface area contributed by atoms with Crippen molar-refractivity contribution in [2.75, 3.05) is 6.54 Å². The third-order valence-electron chi connectivity index (χ3n) is 4.37. The van der Waals surface area contributed by atoms with Crippen LogP contribution in [0.25, 0.3) is 4.96 Å². The highest BCUT2D eigenvalue weighted by molar-refractivity contribution is 7.15. The number of amides is 1. The Labute approximate surface area is 172 Å². The highest BCUT2D eigenvalue weighted by Crippen LogP contribution is 2.22. The van der Waals surface area contributed by atoms with Gasteiger partial charge in [0.15, 0.2) is 4.96 Å². The molecule has 0 aliphatic carbocycles. The summed E-state index contributed by atoms with van der Waals surface area (Å²) < 4.78 is 6.58. The van der Waals surface area contributed by atoms with E-state index in [2.05, 4.69) is 31.1 Å². The highest BCUT2D eigenvalue weighted by Gasteiger charge is 2.14. The molecule has 2 heterocycles. The summed E-state index contributed by atoms with van der Waals surface area (Å²) in [4.78, 5) is 40.8. The molecular weight excluding hydrogens is 390 g/mol. The number of ether oxygens (including phenoxy) is 1. The normalized spacial score (nSPS) is 11.4. The van der Waals surface area contributed by atoms with Crippen molar-refractivity contribution in [2.45, 2.75) is 39.2 Å². The minimum absolute atomic E-state index is 0.0210. The predicted octanol–water partition coefficient (Wildman–Crippen LogP) is 2.92. The lowest BCUT2D eigenvalue weighted by Crippen LogP contribution is -2.26. The average molecular weight is 413 g/mol. The van der Waals surface area contributed by atoms with Crippen LogP contribution in [0, 0.1) is 0 Å². The van der Waals surface area contributed by atoms with E-state index >= 15 is 0 Å². The minimum atomic E-state index is -0.471. The molecule has 0 radical (unpaired) electrons. The molecule has 0 bridgehead atoms. The highest BCUT2D eigenvalue weighted by atomic mass is 32.1. The lowest BCUT2D eigenvalue weighted by molar-refractivity contribution is -0.144. The summed E-state index contributed by atoms with van der Waals surface area (Å²) in [5.41, 5.74) is 1.89. The maximum atomic E-state index is 12.2. The Morgan fingerprint density at radius 2 is 1.93 bits per heavy atom. The largest absolute Gasteiger partial charge is 0.459 e. The molecule has 0 atom stereocenters. The van der Waals surface area contributed by atoms with Crippen LogP contribution in [0.4, 0.5) is 0 Å². The second kappa shape index (κ2) is 8.57.